The molecule has 0 aromatic rings. The van der Waals surface area contributed by atoms with Crippen LogP contribution < -0.4 is 0 Å². The summed E-state index contributed by atoms with van der Waals surface area (Å²) in [5.41, 5.74) is 0. The minimum Gasteiger partial charge on any atom is -0.479 e. The van der Waals surface area contributed by atoms with Crippen molar-refractivity contribution < 1.29 is 19.4 Å². The van der Waals surface area contributed by atoms with Gasteiger partial charge in [-0.15, -0.1) is 0 Å². The standard InChI is InChI=1S/C36H66O4/c1-3-5-7-9-11-13-15-17-18-19-20-21-23-25-27-29-31-33-35(37)40-34(36(38)39)32-30-28-26-24-22-16-14-12-10-8-6-4-2/h11,13,17-18,34H,3-10,12,14-16,19-33H2,1-2H3,(H,38,39)/b13-11-,18-17-. The Morgan fingerprint density at radius 2 is 0.950 bits per heavy atom. The molecular weight excluding hydrogens is 496 g/mol. The largest absolute Gasteiger partial charge is 0.479 e. The van der Waals surface area contributed by atoms with Crippen molar-refractivity contribution in [2.75, 3.05) is 0 Å². The highest BCUT2D eigenvalue weighted by molar-refractivity contribution is 5.77. The average Bonchev–Trinajstić information content (AvgIpc) is 2.94. The van der Waals surface area contributed by atoms with E-state index in [2.05, 4.69) is 38.2 Å². The minimum absolute atomic E-state index is 0.333. The first-order valence-electron chi connectivity index (χ1n) is 17.3. The molecule has 40 heavy (non-hydrogen) atoms. The van der Waals surface area contributed by atoms with Gasteiger partial charge in [0.1, 0.15) is 0 Å². The summed E-state index contributed by atoms with van der Waals surface area (Å²) < 4.78 is 5.29. The Morgan fingerprint density at radius 1 is 0.550 bits per heavy atom. The van der Waals surface area contributed by atoms with E-state index in [9.17, 15) is 14.7 Å². The summed E-state index contributed by atoms with van der Waals surface area (Å²) in [6.07, 6.45) is 39.1. The van der Waals surface area contributed by atoms with Crippen molar-refractivity contribution in [1.29, 1.82) is 0 Å². The zero-order chi connectivity index (χ0) is 29.4. The Morgan fingerprint density at radius 3 is 1.45 bits per heavy atom. The molecule has 4 nitrogen and oxygen atoms in total. The number of ether oxygens (including phenoxy) is 1. The zero-order valence-corrected chi connectivity index (χ0v) is 26.7. The molecular formula is C36H66O4. The molecule has 0 aliphatic rings. The van der Waals surface area contributed by atoms with E-state index in [1.165, 1.54) is 116 Å². The summed E-state index contributed by atoms with van der Waals surface area (Å²) in [4.78, 5) is 23.7. The van der Waals surface area contributed by atoms with Crippen molar-refractivity contribution in [2.24, 2.45) is 0 Å². The van der Waals surface area contributed by atoms with Crippen molar-refractivity contribution in [3.8, 4) is 0 Å². The molecule has 0 saturated heterocycles. The monoisotopic (exact) mass is 562 g/mol. The lowest BCUT2D eigenvalue weighted by Gasteiger charge is -2.13. The van der Waals surface area contributed by atoms with Crippen LogP contribution in [-0.4, -0.2) is 23.1 Å². The summed E-state index contributed by atoms with van der Waals surface area (Å²) >= 11 is 0. The van der Waals surface area contributed by atoms with Crippen molar-refractivity contribution >= 4 is 11.9 Å². The van der Waals surface area contributed by atoms with Gasteiger partial charge in [0, 0.05) is 6.42 Å². The number of carbonyl (C=O) groups excluding carboxylic acids is 1. The van der Waals surface area contributed by atoms with Crippen LogP contribution in [0.15, 0.2) is 24.3 Å². The van der Waals surface area contributed by atoms with E-state index >= 15 is 0 Å². The van der Waals surface area contributed by atoms with Gasteiger partial charge in [-0.2, -0.15) is 0 Å². The topological polar surface area (TPSA) is 63.6 Å². The van der Waals surface area contributed by atoms with E-state index in [1.807, 2.05) is 0 Å². The molecule has 0 spiro atoms. The Balaban J connectivity index is 3.59. The molecule has 0 amide bonds. The van der Waals surface area contributed by atoms with E-state index in [1.54, 1.807) is 0 Å². The molecule has 0 aromatic carbocycles. The highest BCUT2D eigenvalue weighted by Crippen LogP contribution is 2.15. The minimum atomic E-state index is -1.01. The number of allylic oxidation sites excluding steroid dienone is 4. The third-order valence-electron chi connectivity index (χ3n) is 7.70. The van der Waals surface area contributed by atoms with Crippen LogP contribution in [0.5, 0.6) is 0 Å². The number of carboxylic acid groups (broad SMARTS) is 1. The molecule has 0 aliphatic heterocycles. The molecule has 1 atom stereocenters. The molecule has 0 bridgehead atoms. The predicted octanol–water partition coefficient (Wildman–Crippen LogP) is 11.7. The van der Waals surface area contributed by atoms with E-state index in [0.29, 0.717) is 12.8 Å². The second-order valence-corrected chi connectivity index (χ2v) is 11.7. The number of hydrogen-bond acceptors (Lipinski definition) is 3. The van der Waals surface area contributed by atoms with Gasteiger partial charge in [0.2, 0.25) is 0 Å². The third kappa shape index (κ3) is 29.4. The number of hydrogen-bond donors (Lipinski definition) is 1. The van der Waals surface area contributed by atoms with E-state index in [4.69, 9.17) is 4.74 Å². The van der Waals surface area contributed by atoms with Crippen LogP contribution >= 0.6 is 0 Å². The summed E-state index contributed by atoms with van der Waals surface area (Å²) in [5.74, 6) is -1.36. The maximum Gasteiger partial charge on any atom is 0.345 e. The lowest BCUT2D eigenvalue weighted by molar-refractivity contribution is -0.164. The molecule has 0 radical (unpaired) electrons. The SMILES string of the molecule is CCCCC/C=C\C/C=C\CCCCCCCCCC(=O)OC(CCCCCCCCCCCCCC)C(=O)O. The van der Waals surface area contributed by atoms with E-state index in [-0.39, 0.29) is 5.97 Å². The molecule has 0 rings (SSSR count). The fraction of sp³-hybridized carbons (Fsp3) is 0.833. The van der Waals surface area contributed by atoms with Gasteiger partial charge in [-0.1, -0.05) is 154 Å². The third-order valence-corrected chi connectivity index (χ3v) is 7.70. The van der Waals surface area contributed by atoms with Crippen LogP contribution in [0.2, 0.25) is 0 Å². The molecule has 4 heteroatoms. The zero-order valence-electron chi connectivity index (χ0n) is 26.7. The van der Waals surface area contributed by atoms with Crippen molar-refractivity contribution in [1.82, 2.24) is 0 Å². The average molecular weight is 563 g/mol. The number of rotatable bonds is 31. The number of carbonyl (C=O) groups is 2. The Labute approximate surface area is 248 Å². The van der Waals surface area contributed by atoms with Crippen LogP contribution in [0.25, 0.3) is 0 Å². The maximum absolute atomic E-state index is 12.1. The summed E-state index contributed by atoms with van der Waals surface area (Å²) in [5, 5.41) is 9.44. The van der Waals surface area contributed by atoms with Crippen LogP contribution in [0.1, 0.15) is 187 Å². The van der Waals surface area contributed by atoms with Crippen LogP contribution in [-0.2, 0) is 14.3 Å². The Kier molecular flexibility index (Phi) is 30.7. The summed E-state index contributed by atoms with van der Waals surface area (Å²) in [7, 11) is 0. The molecule has 0 heterocycles. The highest BCUT2D eigenvalue weighted by Gasteiger charge is 2.21. The lowest BCUT2D eigenvalue weighted by atomic mass is 10.0. The second-order valence-electron chi connectivity index (χ2n) is 11.7. The van der Waals surface area contributed by atoms with Crippen LogP contribution in [0, 0.1) is 0 Å². The number of carboxylic acids is 1. The van der Waals surface area contributed by atoms with Crippen molar-refractivity contribution in [2.45, 2.75) is 193 Å². The quantitative estimate of drug-likeness (QED) is 0.0518. The predicted molar refractivity (Wildman–Crippen MR) is 172 cm³/mol. The van der Waals surface area contributed by atoms with E-state index in [0.717, 1.165) is 44.9 Å². The molecule has 0 aliphatic carbocycles. The smallest absolute Gasteiger partial charge is 0.345 e. The van der Waals surface area contributed by atoms with Gasteiger partial charge in [-0.05, 0) is 51.4 Å². The molecule has 1 unspecified atom stereocenters. The van der Waals surface area contributed by atoms with Gasteiger partial charge in [-0.3, -0.25) is 4.79 Å². The second kappa shape index (κ2) is 31.9. The highest BCUT2D eigenvalue weighted by atomic mass is 16.6. The van der Waals surface area contributed by atoms with Gasteiger partial charge in [0.15, 0.2) is 6.10 Å². The van der Waals surface area contributed by atoms with Gasteiger partial charge < -0.3 is 9.84 Å². The Hall–Kier alpha value is -1.58. The molecule has 1 N–H and O–H groups in total. The lowest BCUT2D eigenvalue weighted by Crippen LogP contribution is -2.27. The number of aliphatic carboxylic acids is 1. The number of unbranched alkanes of at least 4 members (excludes halogenated alkanes) is 21. The van der Waals surface area contributed by atoms with Gasteiger partial charge in [0.25, 0.3) is 0 Å². The van der Waals surface area contributed by atoms with Crippen molar-refractivity contribution in [3.05, 3.63) is 24.3 Å². The fourth-order valence-corrected chi connectivity index (χ4v) is 5.06. The van der Waals surface area contributed by atoms with Crippen molar-refractivity contribution in [3.63, 3.8) is 0 Å². The van der Waals surface area contributed by atoms with Crippen LogP contribution in [0.4, 0.5) is 0 Å². The van der Waals surface area contributed by atoms with Crippen LogP contribution in [0.3, 0.4) is 0 Å². The first-order chi connectivity index (χ1) is 19.6. The van der Waals surface area contributed by atoms with Gasteiger partial charge in [0.05, 0.1) is 0 Å². The maximum atomic E-state index is 12.1. The molecule has 0 fully saturated rings. The Bertz CT molecular complexity index is 610. The first kappa shape index (κ1) is 38.4. The molecule has 0 saturated carbocycles. The van der Waals surface area contributed by atoms with Gasteiger partial charge in [-0.25, -0.2) is 4.79 Å². The normalized spacial score (nSPS) is 12.4. The fourth-order valence-electron chi connectivity index (χ4n) is 5.06. The van der Waals surface area contributed by atoms with E-state index < -0.39 is 12.1 Å². The van der Waals surface area contributed by atoms with Gasteiger partial charge >= 0.3 is 11.9 Å². The first-order valence-corrected chi connectivity index (χ1v) is 17.3. The molecule has 234 valence electrons. The number of esters is 1. The summed E-state index contributed by atoms with van der Waals surface area (Å²) in [6.45, 7) is 4.50. The molecule has 0 aromatic heterocycles. The summed E-state index contributed by atoms with van der Waals surface area (Å²) in [6, 6.07) is 0.